The molecule has 0 atom stereocenters. The number of rotatable bonds is 2. The van der Waals surface area contributed by atoms with Crippen LogP contribution in [0.4, 0.5) is 10.2 Å². The zero-order chi connectivity index (χ0) is 12.4. The summed E-state index contributed by atoms with van der Waals surface area (Å²) in [5.41, 5.74) is 0.790. The Morgan fingerprint density at radius 3 is 2.76 bits per heavy atom. The van der Waals surface area contributed by atoms with Gasteiger partial charge < -0.3 is 5.32 Å². The van der Waals surface area contributed by atoms with Crippen molar-refractivity contribution in [2.24, 2.45) is 7.05 Å². The van der Waals surface area contributed by atoms with Crippen LogP contribution in [0, 0.1) is 12.7 Å². The number of hydrogen-bond donors (Lipinski definition) is 1. The predicted octanol–water partition coefficient (Wildman–Crippen LogP) is 2.12. The van der Waals surface area contributed by atoms with E-state index in [4.69, 9.17) is 0 Å². The van der Waals surface area contributed by atoms with E-state index in [0.29, 0.717) is 5.82 Å². The highest BCUT2D eigenvalue weighted by atomic mass is 19.1. The fourth-order valence-corrected chi connectivity index (χ4v) is 1.47. The first-order valence-corrected chi connectivity index (χ1v) is 5.13. The molecular formula is C12H12FN3O. The van der Waals surface area contributed by atoms with Crippen molar-refractivity contribution in [3.05, 3.63) is 47.4 Å². The third-order valence-electron chi connectivity index (χ3n) is 2.32. The van der Waals surface area contributed by atoms with Crippen molar-refractivity contribution in [2.75, 3.05) is 5.32 Å². The van der Waals surface area contributed by atoms with Crippen LogP contribution in [0.5, 0.6) is 0 Å². The zero-order valence-electron chi connectivity index (χ0n) is 9.57. The number of nitrogens with one attached hydrogen (secondary N) is 1. The van der Waals surface area contributed by atoms with E-state index in [-0.39, 0.29) is 5.56 Å². The number of anilines is 1. The van der Waals surface area contributed by atoms with Gasteiger partial charge in [0.2, 0.25) is 0 Å². The Labute approximate surface area is 98.1 Å². The summed E-state index contributed by atoms with van der Waals surface area (Å²) in [7, 11) is 1.74. The van der Waals surface area contributed by atoms with Crippen molar-refractivity contribution < 1.29 is 9.18 Å². The van der Waals surface area contributed by atoms with Crippen LogP contribution < -0.4 is 5.32 Å². The zero-order valence-corrected chi connectivity index (χ0v) is 9.57. The highest BCUT2D eigenvalue weighted by Gasteiger charge is 2.12. The van der Waals surface area contributed by atoms with E-state index in [2.05, 4.69) is 10.4 Å². The summed E-state index contributed by atoms with van der Waals surface area (Å²) in [5, 5.41) is 6.51. The Morgan fingerprint density at radius 2 is 2.18 bits per heavy atom. The Bertz CT molecular complexity index is 563. The highest BCUT2D eigenvalue weighted by molar-refractivity contribution is 6.03. The first kappa shape index (κ1) is 11.3. The van der Waals surface area contributed by atoms with E-state index in [1.54, 1.807) is 37.0 Å². The Hall–Kier alpha value is -2.17. The van der Waals surface area contributed by atoms with E-state index in [1.165, 1.54) is 12.1 Å². The third kappa shape index (κ3) is 2.50. The molecule has 0 bridgehead atoms. The first-order chi connectivity index (χ1) is 8.06. The molecule has 0 aliphatic heterocycles. The molecular weight excluding hydrogens is 221 g/mol. The molecule has 88 valence electrons. The van der Waals surface area contributed by atoms with Gasteiger partial charge in [-0.15, -0.1) is 0 Å². The van der Waals surface area contributed by atoms with Crippen LogP contribution in [0.1, 0.15) is 15.9 Å². The molecule has 0 radical (unpaired) electrons. The number of hydrogen-bond acceptors (Lipinski definition) is 2. The summed E-state index contributed by atoms with van der Waals surface area (Å²) >= 11 is 0. The lowest BCUT2D eigenvalue weighted by Gasteiger charge is -2.04. The van der Waals surface area contributed by atoms with Gasteiger partial charge in [0.1, 0.15) is 5.82 Å². The largest absolute Gasteiger partial charge is 0.305 e. The van der Waals surface area contributed by atoms with Crippen LogP contribution in [0.25, 0.3) is 0 Å². The number of halogens is 1. The first-order valence-electron chi connectivity index (χ1n) is 5.13. The smallest absolute Gasteiger partial charge is 0.259 e. The number of benzene rings is 1. The molecule has 1 amide bonds. The molecule has 1 N–H and O–H groups in total. The lowest BCUT2D eigenvalue weighted by Crippen LogP contribution is -2.14. The van der Waals surface area contributed by atoms with Crippen molar-refractivity contribution in [1.82, 2.24) is 9.78 Å². The van der Waals surface area contributed by atoms with E-state index in [9.17, 15) is 9.18 Å². The van der Waals surface area contributed by atoms with Gasteiger partial charge in [-0.25, -0.2) is 4.39 Å². The van der Waals surface area contributed by atoms with Crippen molar-refractivity contribution in [3.8, 4) is 0 Å². The lowest BCUT2D eigenvalue weighted by atomic mass is 10.1. The van der Waals surface area contributed by atoms with Crippen LogP contribution in [0.2, 0.25) is 0 Å². The highest BCUT2D eigenvalue weighted by Crippen LogP contribution is 2.12. The second kappa shape index (κ2) is 4.37. The van der Waals surface area contributed by atoms with Crippen LogP contribution in [0.15, 0.2) is 30.5 Å². The van der Waals surface area contributed by atoms with Gasteiger partial charge in [0.25, 0.3) is 5.91 Å². The standard InChI is InChI=1S/C12H12FN3O/c1-8-3-4-9(10(13)7-8)12(17)14-11-5-6-16(2)15-11/h3-7H,1-2H3,(H,14,15,17). The Kier molecular flexibility index (Phi) is 2.91. The van der Waals surface area contributed by atoms with Crippen molar-refractivity contribution in [2.45, 2.75) is 6.92 Å². The number of amides is 1. The molecule has 0 unspecified atom stereocenters. The van der Waals surface area contributed by atoms with E-state index in [0.717, 1.165) is 5.56 Å². The number of aryl methyl sites for hydroxylation is 2. The van der Waals surface area contributed by atoms with Gasteiger partial charge >= 0.3 is 0 Å². The maximum atomic E-state index is 13.5. The number of aromatic nitrogens is 2. The van der Waals surface area contributed by atoms with Gasteiger partial charge in [-0.3, -0.25) is 9.48 Å². The molecule has 1 aromatic heterocycles. The molecule has 2 aromatic rings. The molecule has 4 nitrogen and oxygen atoms in total. The monoisotopic (exact) mass is 233 g/mol. The lowest BCUT2D eigenvalue weighted by molar-refractivity contribution is 0.102. The molecule has 0 spiro atoms. The topological polar surface area (TPSA) is 46.9 Å². The molecule has 1 aromatic carbocycles. The molecule has 0 saturated carbocycles. The maximum absolute atomic E-state index is 13.5. The summed E-state index contributed by atoms with van der Waals surface area (Å²) < 4.78 is 15.1. The van der Waals surface area contributed by atoms with Crippen LogP contribution in [-0.4, -0.2) is 15.7 Å². The molecule has 0 aliphatic rings. The fraction of sp³-hybridized carbons (Fsp3) is 0.167. The summed E-state index contributed by atoms with van der Waals surface area (Å²) in [4.78, 5) is 11.8. The fourth-order valence-electron chi connectivity index (χ4n) is 1.47. The van der Waals surface area contributed by atoms with Crippen molar-refractivity contribution in [1.29, 1.82) is 0 Å². The maximum Gasteiger partial charge on any atom is 0.259 e. The predicted molar refractivity (Wildman–Crippen MR) is 62.3 cm³/mol. The van der Waals surface area contributed by atoms with Crippen LogP contribution in [-0.2, 0) is 7.05 Å². The molecule has 1 heterocycles. The SMILES string of the molecule is Cc1ccc(C(=O)Nc2ccn(C)n2)c(F)c1. The molecule has 0 saturated heterocycles. The Balaban J connectivity index is 2.20. The van der Waals surface area contributed by atoms with Gasteiger partial charge in [0.05, 0.1) is 5.56 Å². The number of carbonyl (C=O) groups is 1. The van der Waals surface area contributed by atoms with Gasteiger partial charge in [0, 0.05) is 19.3 Å². The summed E-state index contributed by atoms with van der Waals surface area (Å²) in [6, 6.07) is 6.12. The molecule has 2 rings (SSSR count). The minimum absolute atomic E-state index is 0.0150. The minimum atomic E-state index is -0.529. The van der Waals surface area contributed by atoms with Gasteiger partial charge in [0.15, 0.2) is 5.82 Å². The van der Waals surface area contributed by atoms with Gasteiger partial charge in [-0.05, 0) is 24.6 Å². The quantitative estimate of drug-likeness (QED) is 0.863. The molecule has 17 heavy (non-hydrogen) atoms. The Morgan fingerprint density at radius 1 is 1.41 bits per heavy atom. The number of nitrogens with zero attached hydrogens (tertiary/aromatic N) is 2. The van der Waals surface area contributed by atoms with Crippen molar-refractivity contribution >= 4 is 11.7 Å². The molecule has 5 heteroatoms. The average molecular weight is 233 g/mol. The van der Waals surface area contributed by atoms with Gasteiger partial charge in [-0.1, -0.05) is 6.07 Å². The van der Waals surface area contributed by atoms with Crippen LogP contribution >= 0.6 is 0 Å². The minimum Gasteiger partial charge on any atom is -0.305 e. The third-order valence-corrected chi connectivity index (χ3v) is 2.32. The summed E-state index contributed by atoms with van der Waals surface area (Å²) in [5.74, 6) is -0.628. The molecule has 0 fully saturated rings. The summed E-state index contributed by atoms with van der Waals surface area (Å²) in [6.07, 6.45) is 1.70. The summed E-state index contributed by atoms with van der Waals surface area (Å²) in [6.45, 7) is 1.77. The van der Waals surface area contributed by atoms with Crippen molar-refractivity contribution in [3.63, 3.8) is 0 Å². The normalized spacial score (nSPS) is 10.3. The second-order valence-electron chi connectivity index (χ2n) is 3.81. The van der Waals surface area contributed by atoms with E-state index < -0.39 is 11.7 Å². The average Bonchev–Trinajstić information content (AvgIpc) is 2.63. The van der Waals surface area contributed by atoms with E-state index in [1.807, 2.05) is 0 Å². The van der Waals surface area contributed by atoms with Crippen LogP contribution in [0.3, 0.4) is 0 Å². The van der Waals surface area contributed by atoms with Gasteiger partial charge in [-0.2, -0.15) is 5.10 Å². The van der Waals surface area contributed by atoms with E-state index >= 15 is 0 Å². The second-order valence-corrected chi connectivity index (χ2v) is 3.81. The number of carbonyl (C=O) groups excluding carboxylic acids is 1. The molecule has 0 aliphatic carbocycles.